The first-order valence-corrected chi connectivity index (χ1v) is 4.01. The van der Waals surface area contributed by atoms with Crippen molar-refractivity contribution >= 4 is 22.4 Å². The molecule has 0 saturated carbocycles. The van der Waals surface area contributed by atoms with E-state index in [9.17, 15) is 5.11 Å². The number of hydrogen-bond acceptors (Lipinski definition) is 1. The Morgan fingerprint density at radius 1 is 0.923 bits per heavy atom. The van der Waals surface area contributed by atoms with Gasteiger partial charge in [-0.05, 0) is 16.8 Å². The normalized spacial score (nSPS) is 9.62. The minimum Gasteiger partial charge on any atom is -0.872 e. The van der Waals surface area contributed by atoms with E-state index in [0.29, 0.717) is 10.4 Å². The average Bonchev–Trinajstić information content (AvgIpc) is 2.12. The number of fused-ring (bicyclic) bond motifs is 1. The second-order valence-corrected chi connectivity index (χ2v) is 3.00. The predicted octanol–water partition coefficient (Wildman–Crippen LogP) is -0.429. The molecule has 0 aliphatic heterocycles. The largest absolute Gasteiger partial charge is 1.00 e. The monoisotopic (exact) mass is 184 g/mol. The van der Waals surface area contributed by atoms with Gasteiger partial charge in [0.2, 0.25) is 0 Å². The van der Waals surface area contributed by atoms with Crippen molar-refractivity contribution in [2.24, 2.45) is 0 Å². The first kappa shape index (κ1) is 10.5. The first-order valence-electron chi connectivity index (χ1n) is 3.63. The van der Waals surface area contributed by atoms with Crippen molar-refractivity contribution in [2.45, 2.75) is 0 Å². The van der Waals surface area contributed by atoms with Crippen LogP contribution in [0, 0.1) is 0 Å². The summed E-state index contributed by atoms with van der Waals surface area (Å²) < 4.78 is 0. The molecule has 0 bridgehead atoms. The van der Waals surface area contributed by atoms with Crippen molar-refractivity contribution in [3.63, 3.8) is 0 Å². The predicted molar refractivity (Wildman–Crippen MR) is 48.4 cm³/mol. The Kier molecular flexibility index (Phi) is 3.27. The van der Waals surface area contributed by atoms with Gasteiger partial charge in [0.15, 0.2) is 0 Å². The van der Waals surface area contributed by atoms with E-state index in [4.69, 9.17) is 11.6 Å². The van der Waals surface area contributed by atoms with Crippen molar-refractivity contribution in [3.8, 4) is 5.75 Å². The number of rotatable bonds is 0. The Bertz CT molecular complexity index is 388. The van der Waals surface area contributed by atoms with E-state index in [0.717, 1.165) is 5.39 Å². The summed E-state index contributed by atoms with van der Waals surface area (Å²) in [5, 5.41) is 13.4. The number of halogens is 1. The fraction of sp³-hybridized carbons (Fsp3) is 0. The molecule has 0 saturated heterocycles. The maximum absolute atomic E-state index is 11.3. The Balaban J connectivity index is 0.000000845. The summed E-state index contributed by atoms with van der Waals surface area (Å²) in [4.78, 5) is 0. The van der Waals surface area contributed by atoms with Gasteiger partial charge in [-0.1, -0.05) is 41.9 Å². The summed E-state index contributed by atoms with van der Waals surface area (Å²) >= 11 is 5.89. The maximum Gasteiger partial charge on any atom is 1.00 e. The van der Waals surface area contributed by atoms with E-state index < -0.39 is 0 Å². The van der Waals surface area contributed by atoms with Crippen LogP contribution in [-0.2, 0) is 0 Å². The number of hydrogen-bond donors (Lipinski definition) is 0. The molecule has 0 aromatic heterocycles. The molecule has 0 radical (unpaired) electrons. The summed E-state index contributed by atoms with van der Waals surface area (Å²) in [5.74, 6) is 0.0231. The average molecular weight is 185 g/mol. The van der Waals surface area contributed by atoms with Gasteiger partial charge in [0.05, 0.1) is 0 Å². The molecule has 0 fully saturated rings. The van der Waals surface area contributed by atoms with E-state index in [-0.39, 0.29) is 24.6 Å². The van der Waals surface area contributed by atoms with E-state index in [2.05, 4.69) is 0 Å². The standard InChI is InChI=1S/C10H7ClO.Li/c11-9-5-6-10(12)8-4-2-1-3-7(8)9;/h1-6,12H;/q;+1/p-1. The van der Waals surface area contributed by atoms with Crippen molar-refractivity contribution in [2.75, 3.05) is 0 Å². The van der Waals surface area contributed by atoms with Crippen LogP contribution in [0.15, 0.2) is 36.4 Å². The van der Waals surface area contributed by atoms with Crippen molar-refractivity contribution < 1.29 is 24.0 Å². The van der Waals surface area contributed by atoms with Crippen molar-refractivity contribution in [1.29, 1.82) is 0 Å². The second kappa shape index (κ2) is 4.06. The Hall–Kier alpha value is -0.613. The van der Waals surface area contributed by atoms with E-state index in [1.165, 1.54) is 6.07 Å². The SMILES string of the molecule is [Li+].[O-]c1ccc(Cl)c2ccccc12. The Labute approximate surface area is 93.5 Å². The minimum absolute atomic E-state index is 0. The molecular weight excluding hydrogens is 179 g/mol. The van der Waals surface area contributed by atoms with Crippen LogP contribution in [0.2, 0.25) is 5.02 Å². The van der Waals surface area contributed by atoms with E-state index in [1.807, 2.05) is 18.2 Å². The zero-order valence-electron chi connectivity index (χ0n) is 7.25. The Morgan fingerprint density at radius 3 is 2.15 bits per heavy atom. The van der Waals surface area contributed by atoms with Crippen LogP contribution in [0.5, 0.6) is 5.75 Å². The molecule has 0 heterocycles. The smallest absolute Gasteiger partial charge is 0.872 e. The molecule has 3 heteroatoms. The van der Waals surface area contributed by atoms with Crippen molar-refractivity contribution in [3.05, 3.63) is 41.4 Å². The van der Waals surface area contributed by atoms with Crippen LogP contribution < -0.4 is 24.0 Å². The molecule has 0 atom stereocenters. The van der Waals surface area contributed by atoms with Crippen LogP contribution >= 0.6 is 11.6 Å². The van der Waals surface area contributed by atoms with E-state index in [1.54, 1.807) is 12.1 Å². The molecule has 2 aromatic carbocycles. The fourth-order valence-corrected chi connectivity index (χ4v) is 1.46. The van der Waals surface area contributed by atoms with Gasteiger partial charge in [-0.25, -0.2) is 0 Å². The topological polar surface area (TPSA) is 23.1 Å². The molecule has 0 aliphatic carbocycles. The summed E-state index contributed by atoms with van der Waals surface area (Å²) in [6.07, 6.45) is 0. The van der Waals surface area contributed by atoms with Gasteiger partial charge in [0, 0.05) is 5.02 Å². The van der Waals surface area contributed by atoms with E-state index >= 15 is 0 Å². The van der Waals surface area contributed by atoms with Crippen LogP contribution in [0.3, 0.4) is 0 Å². The van der Waals surface area contributed by atoms with Gasteiger partial charge in [0.1, 0.15) is 0 Å². The van der Waals surface area contributed by atoms with Gasteiger partial charge < -0.3 is 5.11 Å². The first-order chi connectivity index (χ1) is 5.79. The van der Waals surface area contributed by atoms with Gasteiger partial charge in [-0.15, -0.1) is 5.75 Å². The van der Waals surface area contributed by atoms with Crippen LogP contribution in [0.4, 0.5) is 0 Å². The molecule has 13 heavy (non-hydrogen) atoms. The maximum atomic E-state index is 11.3. The second-order valence-electron chi connectivity index (χ2n) is 2.59. The summed E-state index contributed by atoms with van der Waals surface area (Å²) in [5.41, 5.74) is 0. The molecule has 0 amide bonds. The molecule has 60 valence electrons. The van der Waals surface area contributed by atoms with Crippen LogP contribution in [-0.4, -0.2) is 0 Å². The third kappa shape index (κ3) is 1.83. The van der Waals surface area contributed by atoms with Gasteiger partial charge in [-0.3, -0.25) is 0 Å². The molecule has 0 spiro atoms. The molecule has 1 nitrogen and oxygen atoms in total. The molecule has 0 N–H and O–H groups in total. The molecule has 0 aliphatic rings. The van der Waals surface area contributed by atoms with Crippen molar-refractivity contribution in [1.82, 2.24) is 0 Å². The fourth-order valence-electron chi connectivity index (χ4n) is 1.23. The molecule has 2 aromatic rings. The summed E-state index contributed by atoms with van der Waals surface area (Å²) in [7, 11) is 0. The Morgan fingerprint density at radius 2 is 1.54 bits per heavy atom. The van der Waals surface area contributed by atoms with Gasteiger partial charge in [-0.2, -0.15) is 0 Å². The molecular formula is C10H6ClLiO. The number of benzene rings is 2. The molecule has 2 rings (SSSR count). The van der Waals surface area contributed by atoms with Crippen LogP contribution in [0.1, 0.15) is 0 Å². The zero-order chi connectivity index (χ0) is 8.55. The summed E-state index contributed by atoms with van der Waals surface area (Å²) in [6, 6.07) is 10.5. The van der Waals surface area contributed by atoms with Gasteiger partial charge >= 0.3 is 18.9 Å². The minimum atomic E-state index is 0. The third-order valence-corrected chi connectivity index (χ3v) is 2.16. The summed E-state index contributed by atoms with van der Waals surface area (Å²) in [6.45, 7) is 0. The third-order valence-electron chi connectivity index (χ3n) is 1.83. The molecule has 0 unspecified atom stereocenters. The van der Waals surface area contributed by atoms with Crippen LogP contribution in [0.25, 0.3) is 10.8 Å². The van der Waals surface area contributed by atoms with Gasteiger partial charge in [0.25, 0.3) is 0 Å². The quantitative estimate of drug-likeness (QED) is 0.510. The zero-order valence-corrected chi connectivity index (χ0v) is 8.01.